The number of para-hydroxylation sites is 2. The van der Waals surface area contributed by atoms with Crippen LogP contribution in [0.4, 0.5) is 5.69 Å². The van der Waals surface area contributed by atoms with E-state index in [2.05, 4.69) is 40.1 Å². The molecule has 0 N–H and O–H groups in total. The first-order chi connectivity index (χ1) is 10.8. The first kappa shape index (κ1) is 14.9. The van der Waals surface area contributed by atoms with Crippen molar-refractivity contribution in [1.29, 1.82) is 0 Å². The van der Waals surface area contributed by atoms with Gasteiger partial charge in [0.1, 0.15) is 10.7 Å². The summed E-state index contributed by atoms with van der Waals surface area (Å²) < 4.78 is 5.42. The monoisotopic (exact) mass is 312 g/mol. The van der Waals surface area contributed by atoms with Crippen LogP contribution in [0.5, 0.6) is 5.75 Å². The van der Waals surface area contributed by atoms with Crippen molar-refractivity contribution in [3.05, 3.63) is 60.2 Å². The molecule has 0 bridgehead atoms. The summed E-state index contributed by atoms with van der Waals surface area (Å²) in [7, 11) is 1.69. The van der Waals surface area contributed by atoms with Gasteiger partial charge >= 0.3 is 0 Å². The third-order valence-corrected chi connectivity index (χ3v) is 4.50. The summed E-state index contributed by atoms with van der Waals surface area (Å²) in [5, 5.41) is 0. The molecule has 0 aromatic heterocycles. The molecule has 3 rings (SSSR count). The molecule has 2 aromatic carbocycles. The zero-order valence-electron chi connectivity index (χ0n) is 12.7. The van der Waals surface area contributed by atoms with Gasteiger partial charge in [-0.25, -0.2) is 0 Å². The lowest BCUT2D eigenvalue weighted by Crippen LogP contribution is -2.48. The fourth-order valence-electron chi connectivity index (χ4n) is 2.80. The van der Waals surface area contributed by atoms with Gasteiger partial charge < -0.3 is 14.5 Å². The minimum atomic E-state index is 0.845. The van der Waals surface area contributed by atoms with Crippen LogP contribution in [0, 0.1) is 0 Å². The zero-order valence-corrected chi connectivity index (χ0v) is 13.6. The number of anilines is 1. The van der Waals surface area contributed by atoms with Gasteiger partial charge in [-0.2, -0.15) is 0 Å². The second-order valence-electron chi connectivity index (χ2n) is 5.32. The van der Waals surface area contributed by atoms with Gasteiger partial charge in [0.25, 0.3) is 0 Å². The van der Waals surface area contributed by atoms with Crippen LogP contribution in [0.3, 0.4) is 0 Å². The van der Waals surface area contributed by atoms with Crippen molar-refractivity contribution < 1.29 is 4.74 Å². The molecule has 0 aliphatic carbocycles. The van der Waals surface area contributed by atoms with Gasteiger partial charge in [-0.1, -0.05) is 42.5 Å². The van der Waals surface area contributed by atoms with Gasteiger partial charge in [0.05, 0.1) is 12.7 Å². The van der Waals surface area contributed by atoms with Gasteiger partial charge in [0, 0.05) is 31.9 Å². The van der Waals surface area contributed by atoms with Gasteiger partial charge in [-0.15, -0.1) is 0 Å². The van der Waals surface area contributed by atoms with Crippen LogP contribution in [0.1, 0.15) is 5.56 Å². The smallest absolute Gasteiger partial charge is 0.129 e. The summed E-state index contributed by atoms with van der Waals surface area (Å²) in [6, 6.07) is 18.5. The molecule has 1 fully saturated rings. The van der Waals surface area contributed by atoms with Gasteiger partial charge in [-0.05, 0) is 24.3 Å². The minimum Gasteiger partial charge on any atom is -0.496 e. The molecule has 0 spiro atoms. The van der Waals surface area contributed by atoms with Crippen molar-refractivity contribution in [2.75, 3.05) is 38.2 Å². The Kier molecular flexibility index (Phi) is 4.59. The molecule has 0 amide bonds. The largest absolute Gasteiger partial charge is 0.496 e. The molecular formula is C18H20N2OS. The van der Waals surface area contributed by atoms with E-state index in [1.807, 2.05) is 24.3 Å². The van der Waals surface area contributed by atoms with E-state index >= 15 is 0 Å². The SMILES string of the molecule is COc1ccccc1C(=S)N1CCN(c2ccccc2)CC1. The summed E-state index contributed by atoms with van der Waals surface area (Å²) in [5.41, 5.74) is 2.29. The summed E-state index contributed by atoms with van der Waals surface area (Å²) in [6.07, 6.45) is 0. The van der Waals surface area contributed by atoms with Crippen LogP contribution in [0.25, 0.3) is 0 Å². The maximum atomic E-state index is 5.68. The summed E-state index contributed by atoms with van der Waals surface area (Å²) in [6.45, 7) is 3.84. The molecule has 1 aliphatic rings. The highest BCUT2D eigenvalue weighted by molar-refractivity contribution is 7.80. The Morgan fingerprint density at radius 2 is 1.55 bits per heavy atom. The first-order valence-electron chi connectivity index (χ1n) is 7.52. The average molecular weight is 312 g/mol. The molecule has 4 heteroatoms. The zero-order chi connectivity index (χ0) is 15.4. The molecular weight excluding hydrogens is 292 g/mol. The fourth-order valence-corrected chi connectivity index (χ4v) is 3.15. The van der Waals surface area contributed by atoms with E-state index in [-0.39, 0.29) is 0 Å². The fraction of sp³-hybridized carbons (Fsp3) is 0.278. The van der Waals surface area contributed by atoms with Crippen LogP contribution in [0.15, 0.2) is 54.6 Å². The van der Waals surface area contributed by atoms with Crippen molar-refractivity contribution in [2.24, 2.45) is 0 Å². The summed E-state index contributed by atoms with van der Waals surface area (Å²) in [4.78, 5) is 5.55. The molecule has 1 aliphatic heterocycles. The van der Waals surface area contributed by atoms with Gasteiger partial charge in [0.2, 0.25) is 0 Å². The van der Waals surface area contributed by atoms with E-state index in [0.29, 0.717) is 0 Å². The van der Waals surface area contributed by atoms with Gasteiger partial charge in [0.15, 0.2) is 0 Å². The third kappa shape index (κ3) is 3.07. The Bertz CT molecular complexity index is 637. The highest BCUT2D eigenvalue weighted by Crippen LogP contribution is 2.22. The number of piperazine rings is 1. The Labute approximate surface area is 137 Å². The minimum absolute atomic E-state index is 0.845. The Morgan fingerprint density at radius 3 is 2.23 bits per heavy atom. The van der Waals surface area contributed by atoms with Crippen LogP contribution < -0.4 is 9.64 Å². The molecule has 0 unspecified atom stereocenters. The van der Waals surface area contributed by atoms with E-state index in [9.17, 15) is 0 Å². The van der Waals surface area contributed by atoms with E-state index in [1.165, 1.54) is 5.69 Å². The standard InChI is InChI=1S/C18H20N2OS/c1-21-17-10-6-5-9-16(17)18(22)20-13-11-19(12-14-20)15-7-3-2-4-8-15/h2-10H,11-14H2,1H3. The second-order valence-corrected chi connectivity index (χ2v) is 5.70. The topological polar surface area (TPSA) is 15.7 Å². The molecule has 2 aromatic rings. The number of hydrogen-bond donors (Lipinski definition) is 0. The molecule has 0 radical (unpaired) electrons. The van der Waals surface area contributed by atoms with Crippen LogP contribution in [-0.4, -0.2) is 43.2 Å². The van der Waals surface area contributed by atoms with Crippen LogP contribution in [0.2, 0.25) is 0 Å². The van der Waals surface area contributed by atoms with Crippen molar-refractivity contribution in [3.63, 3.8) is 0 Å². The number of benzene rings is 2. The van der Waals surface area contributed by atoms with E-state index in [4.69, 9.17) is 17.0 Å². The predicted octanol–water partition coefficient (Wildman–Crippen LogP) is 3.19. The molecule has 3 nitrogen and oxygen atoms in total. The van der Waals surface area contributed by atoms with Crippen LogP contribution in [-0.2, 0) is 0 Å². The lowest BCUT2D eigenvalue weighted by Gasteiger charge is -2.37. The molecule has 1 saturated heterocycles. The third-order valence-electron chi connectivity index (χ3n) is 4.03. The lowest BCUT2D eigenvalue weighted by molar-refractivity contribution is 0.386. The molecule has 22 heavy (non-hydrogen) atoms. The van der Waals surface area contributed by atoms with E-state index < -0.39 is 0 Å². The van der Waals surface area contributed by atoms with Crippen molar-refractivity contribution >= 4 is 22.9 Å². The van der Waals surface area contributed by atoms with E-state index in [0.717, 1.165) is 42.5 Å². The second kappa shape index (κ2) is 6.79. The maximum Gasteiger partial charge on any atom is 0.129 e. The number of ether oxygens (including phenoxy) is 1. The number of rotatable bonds is 3. The van der Waals surface area contributed by atoms with Crippen molar-refractivity contribution in [3.8, 4) is 5.75 Å². The molecule has 1 heterocycles. The highest BCUT2D eigenvalue weighted by atomic mass is 32.1. The number of methoxy groups -OCH3 is 1. The van der Waals surface area contributed by atoms with E-state index in [1.54, 1.807) is 7.11 Å². The van der Waals surface area contributed by atoms with Gasteiger partial charge in [-0.3, -0.25) is 0 Å². The predicted molar refractivity (Wildman–Crippen MR) is 94.9 cm³/mol. The summed E-state index contributed by atoms with van der Waals surface area (Å²) in [5.74, 6) is 0.845. The Hall–Kier alpha value is -2.07. The average Bonchev–Trinajstić information content (AvgIpc) is 2.62. The van der Waals surface area contributed by atoms with Crippen molar-refractivity contribution in [2.45, 2.75) is 0 Å². The Morgan fingerprint density at radius 1 is 0.909 bits per heavy atom. The number of thiocarbonyl (C=S) groups is 1. The molecule has 114 valence electrons. The van der Waals surface area contributed by atoms with Crippen molar-refractivity contribution in [1.82, 2.24) is 4.90 Å². The number of hydrogen-bond acceptors (Lipinski definition) is 3. The van der Waals surface area contributed by atoms with Crippen LogP contribution >= 0.6 is 12.2 Å². The first-order valence-corrected chi connectivity index (χ1v) is 7.92. The molecule has 0 atom stereocenters. The Balaban J connectivity index is 1.67. The lowest BCUT2D eigenvalue weighted by atomic mass is 10.1. The number of nitrogens with zero attached hydrogens (tertiary/aromatic N) is 2. The normalized spacial score (nSPS) is 14.8. The molecule has 0 saturated carbocycles. The maximum absolute atomic E-state index is 5.68. The summed E-state index contributed by atoms with van der Waals surface area (Å²) >= 11 is 5.68. The highest BCUT2D eigenvalue weighted by Gasteiger charge is 2.21. The quantitative estimate of drug-likeness (QED) is 0.809.